The van der Waals surface area contributed by atoms with Crippen molar-refractivity contribution in [3.63, 3.8) is 0 Å². The maximum absolute atomic E-state index is 12.8. The number of β-amino-alcohol motifs (C(OH)–C–C–N with tert-alkyl or cyclic N) is 1. The first-order valence-electron chi connectivity index (χ1n) is 7.25. The van der Waals surface area contributed by atoms with Crippen LogP contribution in [0.5, 0.6) is 0 Å². The molecular formula is C16H21N3O2. The second-order valence-electron chi connectivity index (χ2n) is 6.54. The lowest BCUT2D eigenvalue weighted by Gasteiger charge is -2.30. The Morgan fingerprint density at radius 1 is 1.38 bits per heavy atom. The third kappa shape index (κ3) is 2.12. The van der Waals surface area contributed by atoms with Gasteiger partial charge < -0.3 is 10.0 Å². The second kappa shape index (κ2) is 4.56. The molecule has 1 unspecified atom stereocenters. The lowest BCUT2D eigenvalue weighted by molar-refractivity contribution is 0.0643. The molecule has 1 fully saturated rings. The minimum absolute atomic E-state index is 0.0604. The molecule has 1 aliphatic rings. The SMILES string of the molecule is Cc1ccc2c(C(=O)N3CC(O)CC3(C)C)cnn2c1C. The van der Waals surface area contributed by atoms with Crippen LogP contribution in [-0.4, -0.2) is 43.7 Å². The quantitative estimate of drug-likeness (QED) is 0.872. The van der Waals surface area contributed by atoms with Crippen molar-refractivity contribution in [2.75, 3.05) is 6.54 Å². The molecule has 21 heavy (non-hydrogen) atoms. The number of hydrogen-bond donors (Lipinski definition) is 1. The first-order chi connectivity index (χ1) is 9.81. The summed E-state index contributed by atoms with van der Waals surface area (Å²) in [5.41, 5.74) is 3.26. The smallest absolute Gasteiger partial charge is 0.258 e. The van der Waals surface area contributed by atoms with Crippen molar-refractivity contribution in [2.45, 2.75) is 45.8 Å². The molecule has 0 aliphatic carbocycles. The van der Waals surface area contributed by atoms with Crippen LogP contribution >= 0.6 is 0 Å². The van der Waals surface area contributed by atoms with Crippen LogP contribution in [0.15, 0.2) is 18.3 Å². The highest BCUT2D eigenvalue weighted by Crippen LogP contribution is 2.31. The summed E-state index contributed by atoms with van der Waals surface area (Å²) in [6.45, 7) is 8.38. The number of carbonyl (C=O) groups excluding carboxylic acids is 1. The molecule has 0 radical (unpaired) electrons. The molecule has 2 aromatic heterocycles. The summed E-state index contributed by atoms with van der Waals surface area (Å²) in [7, 11) is 0. The van der Waals surface area contributed by atoms with Crippen molar-refractivity contribution < 1.29 is 9.90 Å². The maximum Gasteiger partial charge on any atom is 0.258 e. The van der Waals surface area contributed by atoms with Gasteiger partial charge in [-0.05, 0) is 45.7 Å². The summed E-state index contributed by atoms with van der Waals surface area (Å²) >= 11 is 0. The van der Waals surface area contributed by atoms with Gasteiger partial charge in [0.15, 0.2) is 0 Å². The van der Waals surface area contributed by atoms with E-state index in [1.807, 2.05) is 44.3 Å². The number of aryl methyl sites for hydroxylation is 2. The summed E-state index contributed by atoms with van der Waals surface area (Å²) in [6.07, 6.45) is 1.79. The number of amides is 1. The Hall–Kier alpha value is -1.88. The van der Waals surface area contributed by atoms with Gasteiger partial charge in [-0.25, -0.2) is 4.52 Å². The largest absolute Gasteiger partial charge is 0.391 e. The van der Waals surface area contributed by atoms with E-state index < -0.39 is 6.10 Å². The monoisotopic (exact) mass is 287 g/mol. The standard InChI is InChI=1S/C16H21N3O2/c1-10-5-6-14-13(8-17-19(14)11(10)2)15(21)18-9-12(20)7-16(18,3)4/h5-6,8,12,20H,7,9H2,1-4H3. The minimum Gasteiger partial charge on any atom is -0.391 e. The first kappa shape index (κ1) is 14.1. The van der Waals surface area contributed by atoms with Crippen molar-refractivity contribution in [3.8, 4) is 0 Å². The van der Waals surface area contributed by atoms with Gasteiger partial charge in [0, 0.05) is 17.8 Å². The Bertz CT molecular complexity index is 718. The Labute approximate surface area is 124 Å². The molecule has 1 atom stereocenters. The fraction of sp³-hybridized carbons (Fsp3) is 0.500. The average Bonchev–Trinajstić information content (AvgIpc) is 2.94. The van der Waals surface area contributed by atoms with E-state index in [-0.39, 0.29) is 11.4 Å². The molecule has 5 heteroatoms. The van der Waals surface area contributed by atoms with Crippen molar-refractivity contribution in [1.82, 2.24) is 14.5 Å². The van der Waals surface area contributed by atoms with Gasteiger partial charge in [-0.15, -0.1) is 0 Å². The molecule has 1 N–H and O–H groups in total. The van der Waals surface area contributed by atoms with E-state index in [1.165, 1.54) is 0 Å². The van der Waals surface area contributed by atoms with Crippen LogP contribution in [0.1, 0.15) is 41.9 Å². The van der Waals surface area contributed by atoms with Crippen LogP contribution in [0.25, 0.3) is 5.52 Å². The molecule has 5 nitrogen and oxygen atoms in total. The summed E-state index contributed by atoms with van der Waals surface area (Å²) in [5.74, 6) is -0.0604. The predicted molar refractivity (Wildman–Crippen MR) is 80.4 cm³/mol. The molecule has 0 bridgehead atoms. The molecule has 1 aliphatic heterocycles. The molecule has 3 heterocycles. The number of nitrogens with zero attached hydrogens (tertiary/aromatic N) is 3. The van der Waals surface area contributed by atoms with Gasteiger partial charge in [0.2, 0.25) is 0 Å². The van der Waals surface area contributed by atoms with Crippen LogP contribution in [0, 0.1) is 13.8 Å². The van der Waals surface area contributed by atoms with E-state index in [2.05, 4.69) is 5.10 Å². The second-order valence-corrected chi connectivity index (χ2v) is 6.54. The molecule has 3 rings (SSSR count). The predicted octanol–water partition coefficient (Wildman–Crippen LogP) is 1.94. The van der Waals surface area contributed by atoms with Crippen molar-refractivity contribution in [2.24, 2.45) is 0 Å². The van der Waals surface area contributed by atoms with Crippen LogP contribution in [0.3, 0.4) is 0 Å². The minimum atomic E-state index is -0.449. The Kier molecular flexibility index (Phi) is 3.06. The van der Waals surface area contributed by atoms with Crippen LogP contribution in [0.2, 0.25) is 0 Å². The van der Waals surface area contributed by atoms with Crippen LogP contribution in [0.4, 0.5) is 0 Å². The van der Waals surface area contributed by atoms with Crippen molar-refractivity contribution >= 4 is 11.4 Å². The van der Waals surface area contributed by atoms with E-state index in [0.29, 0.717) is 18.5 Å². The molecule has 1 saturated heterocycles. The maximum atomic E-state index is 12.8. The highest BCUT2D eigenvalue weighted by atomic mass is 16.3. The number of rotatable bonds is 1. The molecular weight excluding hydrogens is 266 g/mol. The number of aliphatic hydroxyl groups is 1. The van der Waals surface area contributed by atoms with E-state index in [0.717, 1.165) is 16.8 Å². The zero-order valence-corrected chi connectivity index (χ0v) is 12.9. The van der Waals surface area contributed by atoms with Gasteiger partial charge in [-0.3, -0.25) is 4.79 Å². The first-order valence-corrected chi connectivity index (χ1v) is 7.25. The summed E-state index contributed by atoms with van der Waals surface area (Å²) in [5, 5.41) is 14.2. The van der Waals surface area contributed by atoms with E-state index in [4.69, 9.17) is 0 Å². The average molecular weight is 287 g/mol. The van der Waals surface area contributed by atoms with Gasteiger partial charge in [-0.1, -0.05) is 6.07 Å². The number of fused-ring (bicyclic) bond motifs is 1. The Morgan fingerprint density at radius 3 is 2.71 bits per heavy atom. The molecule has 1 amide bonds. The number of carbonyl (C=O) groups is 1. The molecule has 0 spiro atoms. The number of pyridine rings is 1. The molecule has 112 valence electrons. The van der Waals surface area contributed by atoms with Gasteiger partial charge >= 0.3 is 0 Å². The van der Waals surface area contributed by atoms with E-state index in [9.17, 15) is 9.90 Å². The number of aromatic nitrogens is 2. The molecule has 0 saturated carbocycles. The Balaban J connectivity index is 2.05. The zero-order chi connectivity index (χ0) is 15.4. The van der Waals surface area contributed by atoms with Gasteiger partial charge in [0.25, 0.3) is 5.91 Å². The topological polar surface area (TPSA) is 57.8 Å². The summed E-state index contributed by atoms with van der Waals surface area (Å²) < 4.78 is 1.81. The Morgan fingerprint density at radius 2 is 2.10 bits per heavy atom. The highest BCUT2D eigenvalue weighted by Gasteiger charge is 2.41. The normalized spacial score (nSPS) is 21.2. The van der Waals surface area contributed by atoms with Crippen molar-refractivity contribution in [3.05, 3.63) is 35.2 Å². The lowest BCUT2D eigenvalue weighted by Crippen LogP contribution is -2.42. The van der Waals surface area contributed by atoms with Gasteiger partial charge in [0.1, 0.15) is 0 Å². The highest BCUT2D eigenvalue weighted by molar-refractivity contribution is 6.01. The summed E-state index contributed by atoms with van der Waals surface area (Å²) in [6, 6.07) is 3.94. The van der Waals surface area contributed by atoms with E-state index >= 15 is 0 Å². The molecule has 2 aromatic rings. The number of aliphatic hydroxyl groups excluding tert-OH is 1. The lowest BCUT2D eigenvalue weighted by atomic mass is 10.0. The van der Waals surface area contributed by atoms with Gasteiger partial charge in [-0.2, -0.15) is 5.10 Å². The molecule has 0 aromatic carbocycles. The van der Waals surface area contributed by atoms with Gasteiger partial charge in [0.05, 0.1) is 23.4 Å². The zero-order valence-electron chi connectivity index (χ0n) is 12.9. The van der Waals surface area contributed by atoms with E-state index in [1.54, 1.807) is 11.1 Å². The number of likely N-dealkylation sites (tertiary alicyclic amines) is 1. The fourth-order valence-corrected chi connectivity index (χ4v) is 3.15. The van der Waals surface area contributed by atoms with Crippen LogP contribution < -0.4 is 0 Å². The fourth-order valence-electron chi connectivity index (χ4n) is 3.15. The number of hydrogen-bond acceptors (Lipinski definition) is 3. The third-order valence-electron chi connectivity index (χ3n) is 4.52. The van der Waals surface area contributed by atoms with Crippen LogP contribution in [-0.2, 0) is 0 Å². The third-order valence-corrected chi connectivity index (χ3v) is 4.52. The summed E-state index contributed by atoms with van der Waals surface area (Å²) in [4.78, 5) is 14.6. The van der Waals surface area contributed by atoms with Crippen molar-refractivity contribution in [1.29, 1.82) is 0 Å².